The minimum absolute atomic E-state index is 0.202. The van der Waals surface area contributed by atoms with Crippen LogP contribution in [-0.2, 0) is 0 Å². The number of amides is 2. The van der Waals surface area contributed by atoms with E-state index < -0.39 is 0 Å². The van der Waals surface area contributed by atoms with Crippen molar-refractivity contribution in [2.75, 3.05) is 17.4 Å². The van der Waals surface area contributed by atoms with Gasteiger partial charge in [-0.15, -0.1) is 0 Å². The largest absolute Gasteiger partial charge is 0.454 e. The molecule has 1 aromatic heterocycles. The maximum absolute atomic E-state index is 12.3. The molecule has 1 aliphatic heterocycles. The number of carbonyl (C=O) groups is 1. The minimum Gasteiger partial charge on any atom is -0.454 e. The number of hydrogen-bond acceptors (Lipinski definition) is 3. The summed E-state index contributed by atoms with van der Waals surface area (Å²) in [7, 11) is 0. The summed E-state index contributed by atoms with van der Waals surface area (Å²) in [5.74, 6) is 1.30. The van der Waals surface area contributed by atoms with Crippen molar-refractivity contribution >= 4 is 28.3 Å². The summed E-state index contributed by atoms with van der Waals surface area (Å²) in [5.41, 5.74) is 4.54. The maximum Gasteiger partial charge on any atom is 0.323 e. The van der Waals surface area contributed by atoms with E-state index in [-0.39, 0.29) is 12.8 Å². The first-order valence-electron chi connectivity index (χ1n) is 8.90. The molecule has 1 aliphatic rings. The van der Waals surface area contributed by atoms with Gasteiger partial charge in [0.15, 0.2) is 11.5 Å². The lowest BCUT2D eigenvalue weighted by Gasteiger charge is -2.09. The molecular weight excluding hydrogens is 354 g/mol. The second-order valence-corrected chi connectivity index (χ2v) is 6.49. The van der Waals surface area contributed by atoms with Crippen LogP contribution in [0.25, 0.3) is 22.2 Å². The minimum atomic E-state index is -0.322. The summed E-state index contributed by atoms with van der Waals surface area (Å²) >= 11 is 0. The van der Waals surface area contributed by atoms with E-state index in [4.69, 9.17) is 9.47 Å². The molecule has 0 spiro atoms. The lowest BCUT2D eigenvalue weighted by molar-refractivity contribution is 0.174. The third kappa shape index (κ3) is 3.12. The number of para-hydroxylation sites is 1. The molecule has 28 heavy (non-hydrogen) atoms. The lowest BCUT2D eigenvalue weighted by Crippen LogP contribution is -2.19. The molecule has 6 heteroatoms. The fourth-order valence-electron chi connectivity index (χ4n) is 3.23. The Hall–Kier alpha value is -3.93. The topological polar surface area (TPSA) is 75.4 Å². The Bertz CT molecular complexity index is 1130. The molecule has 2 heterocycles. The van der Waals surface area contributed by atoms with E-state index in [0.29, 0.717) is 22.9 Å². The summed E-state index contributed by atoms with van der Waals surface area (Å²) in [4.78, 5) is 15.7. The van der Waals surface area contributed by atoms with Crippen LogP contribution in [-0.4, -0.2) is 17.8 Å². The van der Waals surface area contributed by atoms with Crippen LogP contribution in [0, 0.1) is 0 Å². The van der Waals surface area contributed by atoms with Crippen LogP contribution in [0.5, 0.6) is 11.5 Å². The van der Waals surface area contributed by atoms with Gasteiger partial charge in [-0.05, 0) is 42.0 Å². The van der Waals surface area contributed by atoms with Gasteiger partial charge >= 0.3 is 6.03 Å². The fourth-order valence-corrected chi connectivity index (χ4v) is 3.23. The molecule has 138 valence electrons. The number of rotatable bonds is 3. The number of nitrogens with one attached hydrogen (secondary N) is 3. The number of ether oxygens (including phenoxy) is 2. The molecule has 0 radical (unpaired) electrons. The fraction of sp³-hybridized carbons (Fsp3) is 0.0455. The van der Waals surface area contributed by atoms with E-state index in [1.165, 1.54) is 5.39 Å². The molecule has 0 saturated carbocycles. The van der Waals surface area contributed by atoms with Crippen LogP contribution in [0.2, 0.25) is 0 Å². The van der Waals surface area contributed by atoms with Gasteiger partial charge in [-0.25, -0.2) is 4.79 Å². The Balaban J connectivity index is 1.27. The highest BCUT2D eigenvalue weighted by Crippen LogP contribution is 2.34. The Labute approximate surface area is 161 Å². The van der Waals surface area contributed by atoms with Crippen molar-refractivity contribution in [2.24, 2.45) is 0 Å². The van der Waals surface area contributed by atoms with Gasteiger partial charge in [-0.3, -0.25) is 0 Å². The number of anilines is 2. The number of aromatic amines is 1. The number of fused-ring (bicyclic) bond motifs is 2. The van der Waals surface area contributed by atoms with Gasteiger partial charge in [0.05, 0.1) is 0 Å². The predicted molar refractivity (Wildman–Crippen MR) is 109 cm³/mol. The molecule has 0 unspecified atom stereocenters. The van der Waals surface area contributed by atoms with Gasteiger partial charge in [0, 0.05) is 34.0 Å². The standard InChI is InChI=1S/C22H17N3O3/c26-22(24-17-9-10-20-21(12-17)28-13-27-20)23-16-7-5-14(6-8-16)19-11-15-3-1-2-4-18(15)25-19/h1-12,25H,13H2,(H2,23,24,26). The summed E-state index contributed by atoms with van der Waals surface area (Å²) in [6.07, 6.45) is 0. The van der Waals surface area contributed by atoms with Crippen LogP contribution in [0.1, 0.15) is 0 Å². The summed E-state index contributed by atoms with van der Waals surface area (Å²) in [5, 5.41) is 6.79. The number of aromatic nitrogens is 1. The number of H-pyrrole nitrogens is 1. The highest BCUT2D eigenvalue weighted by atomic mass is 16.7. The zero-order valence-corrected chi connectivity index (χ0v) is 14.9. The van der Waals surface area contributed by atoms with Crippen LogP contribution in [0.3, 0.4) is 0 Å². The molecule has 4 aromatic rings. The SMILES string of the molecule is O=C(Nc1ccc(-c2cc3ccccc3[nH]2)cc1)Nc1ccc2c(c1)OCO2. The number of carbonyl (C=O) groups excluding carboxylic acids is 1. The van der Waals surface area contributed by atoms with Gasteiger partial charge in [-0.1, -0.05) is 30.3 Å². The maximum atomic E-state index is 12.3. The third-order valence-corrected chi connectivity index (χ3v) is 4.61. The zero-order valence-electron chi connectivity index (χ0n) is 14.9. The molecule has 3 N–H and O–H groups in total. The van der Waals surface area contributed by atoms with Crippen molar-refractivity contribution in [3.63, 3.8) is 0 Å². The second-order valence-electron chi connectivity index (χ2n) is 6.49. The highest BCUT2D eigenvalue weighted by Gasteiger charge is 2.14. The normalized spacial score (nSPS) is 12.1. The molecule has 0 saturated heterocycles. The van der Waals surface area contributed by atoms with Gasteiger partial charge in [0.2, 0.25) is 6.79 Å². The highest BCUT2D eigenvalue weighted by molar-refractivity contribution is 6.00. The van der Waals surface area contributed by atoms with Gasteiger partial charge in [0.1, 0.15) is 0 Å². The quantitative estimate of drug-likeness (QED) is 0.463. The van der Waals surface area contributed by atoms with Crippen molar-refractivity contribution in [3.05, 3.63) is 72.8 Å². The van der Waals surface area contributed by atoms with Crippen molar-refractivity contribution in [1.29, 1.82) is 0 Å². The first-order valence-corrected chi connectivity index (χ1v) is 8.90. The van der Waals surface area contributed by atoms with E-state index in [9.17, 15) is 4.79 Å². The Morgan fingerprint density at radius 1 is 0.821 bits per heavy atom. The van der Waals surface area contributed by atoms with E-state index in [0.717, 1.165) is 16.8 Å². The molecule has 0 bridgehead atoms. The monoisotopic (exact) mass is 371 g/mol. The van der Waals surface area contributed by atoms with E-state index >= 15 is 0 Å². The number of hydrogen-bond donors (Lipinski definition) is 3. The third-order valence-electron chi connectivity index (χ3n) is 4.61. The summed E-state index contributed by atoms with van der Waals surface area (Å²) < 4.78 is 10.6. The average molecular weight is 371 g/mol. The lowest BCUT2D eigenvalue weighted by atomic mass is 10.1. The number of benzene rings is 3. The van der Waals surface area contributed by atoms with E-state index in [1.807, 2.05) is 36.4 Å². The molecule has 3 aromatic carbocycles. The Kier molecular flexibility index (Phi) is 3.87. The second kappa shape index (κ2) is 6.66. The average Bonchev–Trinajstić information content (AvgIpc) is 3.34. The van der Waals surface area contributed by atoms with Gasteiger partial charge in [0.25, 0.3) is 0 Å². The summed E-state index contributed by atoms with van der Waals surface area (Å²) in [6.45, 7) is 0.202. The zero-order chi connectivity index (χ0) is 18.9. The van der Waals surface area contributed by atoms with Gasteiger partial charge in [-0.2, -0.15) is 0 Å². The van der Waals surface area contributed by atoms with Crippen molar-refractivity contribution in [2.45, 2.75) is 0 Å². The van der Waals surface area contributed by atoms with Crippen LogP contribution >= 0.6 is 0 Å². The molecular formula is C22H17N3O3. The molecule has 2 amide bonds. The van der Waals surface area contributed by atoms with Crippen molar-refractivity contribution < 1.29 is 14.3 Å². The number of urea groups is 1. The molecule has 0 atom stereocenters. The smallest absolute Gasteiger partial charge is 0.323 e. The van der Waals surface area contributed by atoms with Crippen LogP contribution in [0.15, 0.2) is 72.8 Å². The van der Waals surface area contributed by atoms with Crippen LogP contribution in [0.4, 0.5) is 16.2 Å². The predicted octanol–water partition coefficient (Wildman–Crippen LogP) is 5.21. The van der Waals surface area contributed by atoms with E-state index in [1.54, 1.807) is 18.2 Å². The Morgan fingerprint density at radius 2 is 1.57 bits per heavy atom. The van der Waals surface area contributed by atoms with E-state index in [2.05, 4.69) is 33.8 Å². The van der Waals surface area contributed by atoms with Gasteiger partial charge < -0.3 is 25.1 Å². The van der Waals surface area contributed by atoms with Crippen LogP contribution < -0.4 is 20.1 Å². The first-order chi connectivity index (χ1) is 13.7. The molecule has 6 nitrogen and oxygen atoms in total. The molecule has 5 rings (SSSR count). The Morgan fingerprint density at radius 3 is 2.43 bits per heavy atom. The van der Waals surface area contributed by atoms with Crippen molar-refractivity contribution in [1.82, 2.24) is 4.98 Å². The van der Waals surface area contributed by atoms with Crippen molar-refractivity contribution in [3.8, 4) is 22.8 Å². The summed E-state index contributed by atoms with van der Waals surface area (Å²) in [6, 6.07) is 22.9. The first kappa shape index (κ1) is 16.3. The molecule has 0 fully saturated rings. The molecule has 0 aliphatic carbocycles.